The smallest absolute Gasteiger partial charge is 0.154 e. The van der Waals surface area contributed by atoms with Gasteiger partial charge in [-0.1, -0.05) is 85.7 Å². The van der Waals surface area contributed by atoms with E-state index in [2.05, 4.69) is 42.5 Å². The molecule has 1 aliphatic heterocycles. The summed E-state index contributed by atoms with van der Waals surface area (Å²) in [7, 11) is 0. The first kappa shape index (κ1) is 25.7. The van der Waals surface area contributed by atoms with Crippen LogP contribution in [0.25, 0.3) is 22.5 Å². The Bertz CT molecular complexity index is 1230. The summed E-state index contributed by atoms with van der Waals surface area (Å²) in [6.07, 6.45) is 12.6. The molecule has 1 fully saturated rings. The maximum Gasteiger partial charge on any atom is 0.154 e. The fourth-order valence-electron chi connectivity index (χ4n) is 5.75. The number of carbonyl (C=O) groups excluding carboxylic acids is 1. The number of Topliss-reactive ketones (excluding diaryl/α,β-unsaturated/α-hetero) is 1. The van der Waals surface area contributed by atoms with Crippen molar-refractivity contribution in [3.63, 3.8) is 0 Å². The van der Waals surface area contributed by atoms with Crippen molar-refractivity contribution >= 4 is 23.1 Å². The van der Waals surface area contributed by atoms with Gasteiger partial charge in [0.25, 0.3) is 0 Å². The molecule has 0 N–H and O–H groups in total. The van der Waals surface area contributed by atoms with Crippen LogP contribution in [0.3, 0.4) is 0 Å². The number of ketones is 1. The Balaban J connectivity index is 1.25. The highest BCUT2D eigenvalue weighted by Crippen LogP contribution is 2.32. The normalized spacial score (nSPS) is 22.5. The molecule has 1 saturated carbocycles. The minimum atomic E-state index is 0.0110. The Kier molecular flexibility index (Phi) is 8.68. The van der Waals surface area contributed by atoms with Crippen LogP contribution in [0.2, 0.25) is 0 Å². The van der Waals surface area contributed by atoms with Gasteiger partial charge in [-0.15, -0.1) is 11.6 Å². The third-order valence-corrected chi connectivity index (χ3v) is 7.99. The fourth-order valence-corrected chi connectivity index (χ4v) is 5.92. The molecule has 0 radical (unpaired) electrons. The predicted octanol–water partition coefficient (Wildman–Crippen LogP) is 7.77. The van der Waals surface area contributed by atoms with Crippen molar-refractivity contribution in [2.75, 3.05) is 6.54 Å². The molecule has 0 saturated heterocycles. The van der Waals surface area contributed by atoms with Crippen LogP contribution in [0.15, 0.2) is 83.9 Å². The van der Waals surface area contributed by atoms with Crippen molar-refractivity contribution in [3.8, 4) is 22.5 Å². The lowest BCUT2D eigenvalue weighted by atomic mass is 9.90. The summed E-state index contributed by atoms with van der Waals surface area (Å²) in [5.41, 5.74) is 5.38. The monoisotopic (exact) mass is 513 g/mol. The van der Waals surface area contributed by atoms with Crippen molar-refractivity contribution in [3.05, 3.63) is 78.9 Å². The highest BCUT2D eigenvalue weighted by molar-refractivity contribution is 6.22. The molecule has 4 nitrogen and oxygen atoms in total. The molecule has 5 rings (SSSR count). The predicted molar refractivity (Wildman–Crippen MR) is 153 cm³/mol. The highest BCUT2D eigenvalue weighted by atomic mass is 35.5. The van der Waals surface area contributed by atoms with Crippen LogP contribution in [-0.4, -0.2) is 33.2 Å². The van der Waals surface area contributed by atoms with Crippen LogP contribution in [0.1, 0.15) is 51.4 Å². The molecule has 1 aliphatic carbocycles. The van der Waals surface area contributed by atoms with Gasteiger partial charge in [0, 0.05) is 17.7 Å². The first-order valence-electron chi connectivity index (χ1n) is 13.7. The summed E-state index contributed by atoms with van der Waals surface area (Å²) in [5.74, 6) is 1.25. The number of carbonyl (C=O) groups is 1. The first-order chi connectivity index (χ1) is 18.2. The summed E-state index contributed by atoms with van der Waals surface area (Å²) < 4.78 is 1.90. The molecule has 2 aliphatic rings. The van der Waals surface area contributed by atoms with Crippen LogP contribution in [0.4, 0.5) is 0 Å². The summed E-state index contributed by atoms with van der Waals surface area (Å²) >= 11 is 6.33. The lowest BCUT2D eigenvalue weighted by Gasteiger charge is -2.19. The van der Waals surface area contributed by atoms with E-state index in [-0.39, 0.29) is 11.2 Å². The minimum absolute atomic E-state index is 0.0110. The zero-order valence-corrected chi connectivity index (χ0v) is 22.2. The largest absolute Gasteiger partial charge is 0.298 e. The number of halogens is 1. The van der Waals surface area contributed by atoms with E-state index in [1.165, 1.54) is 12.1 Å². The standard InChI is InChI=1S/C32H36ClN3O/c33-28-16-7-8-17-30(34-22-28)26-15-9-10-24(18-19-26)20-29(37)23-36-32(27-13-5-2-6-14-27)21-31(35-36)25-11-3-1-4-12-25/h1-7,11-14,16,21,24,26,28H,8-10,15,17-20,22-23H2. The van der Waals surface area contributed by atoms with Crippen LogP contribution < -0.4 is 0 Å². The third kappa shape index (κ3) is 6.87. The topological polar surface area (TPSA) is 47.2 Å². The molecule has 0 amide bonds. The van der Waals surface area contributed by atoms with Crippen LogP contribution >= 0.6 is 11.6 Å². The number of alkyl halides is 1. The van der Waals surface area contributed by atoms with Gasteiger partial charge in [-0.3, -0.25) is 14.5 Å². The van der Waals surface area contributed by atoms with Crippen molar-refractivity contribution in [1.82, 2.24) is 9.78 Å². The van der Waals surface area contributed by atoms with Gasteiger partial charge in [0.2, 0.25) is 0 Å². The Hall–Kier alpha value is -2.98. The van der Waals surface area contributed by atoms with Crippen molar-refractivity contribution in [1.29, 1.82) is 0 Å². The maximum atomic E-state index is 13.3. The average Bonchev–Trinajstić information content (AvgIpc) is 3.19. The summed E-state index contributed by atoms with van der Waals surface area (Å²) in [6, 6.07) is 22.5. The number of benzene rings is 2. The van der Waals surface area contributed by atoms with E-state index >= 15 is 0 Å². The molecule has 1 aromatic heterocycles. The SMILES string of the molecule is O=C(CC1CCCC(C2=NCC(Cl)C=CCC2)CC1)Cn1nc(-c2ccccc2)cc1-c1ccccc1. The first-order valence-corrected chi connectivity index (χ1v) is 14.1. The molecule has 192 valence electrons. The lowest BCUT2D eigenvalue weighted by Crippen LogP contribution is -2.18. The zero-order chi connectivity index (χ0) is 25.5. The number of allylic oxidation sites excluding steroid dienone is 1. The van der Waals surface area contributed by atoms with Crippen molar-refractivity contribution < 1.29 is 4.79 Å². The molecule has 37 heavy (non-hydrogen) atoms. The molecule has 0 spiro atoms. The van der Waals surface area contributed by atoms with Gasteiger partial charge >= 0.3 is 0 Å². The van der Waals surface area contributed by atoms with E-state index in [9.17, 15) is 4.79 Å². The Morgan fingerprint density at radius 1 is 0.946 bits per heavy atom. The number of aliphatic imine (C=N–C) groups is 1. The molecule has 2 heterocycles. The van der Waals surface area contributed by atoms with E-state index in [1.807, 2.05) is 41.1 Å². The zero-order valence-electron chi connectivity index (χ0n) is 21.4. The molecular weight excluding hydrogens is 478 g/mol. The van der Waals surface area contributed by atoms with Crippen LogP contribution in [0.5, 0.6) is 0 Å². The number of nitrogens with zero attached hydrogens (tertiary/aromatic N) is 3. The number of rotatable bonds is 7. The lowest BCUT2D eigenvalue weighted by molar-refractivity contribution is -0.120. The Labute approximate surface area is 225 Å². The van der Waals surface area contributed by atoms with E-state index in [4.69, 9.17) is 21.7 Å². The highest BCUT2D eigenvalue weighted by Gasteiger charge is 2.25. The van der Waals surface area contributed by atoms with Crippen LogP contribution in [-0.2, 0) is 11.3 Å². The second kappa shape index (κ2) is 12.5. The Morgan fingerprint density at radius 2 is 1.70 bits per heavy atom. The van der Waals surface area contributed by atoms with Gasteiger partial charge in [-0.05, 0) is 55.6 Å². The van der Waals surface area contributed by atoms with E-state index in [0.29, 0.717) is 31.3 Å². The van der Waals surface area contributed by atoms with Gasteiger partial charge in [0.05, 0.1) is 23.3 Å². The molecule has 0 bridgehead atoms. The molecule has 3 unspecified atom stereocenters. The average molecular weight is 514 g/mol. The third-order valence-electron chi connectivity index (χ3n) is 7.70. The van der Waals surface area contributed by atoms with Gasteiger partial charge in [-0.2, -0.15) is 5.10 Å². The minimum Gasteiger partial charge on any atom is -0.298 e. The van der Waals surface area contributed by atoms with Crippen molar-refractivity contribution in [2.45, 2.75) is 63.3 Å². The van der Waals surface area contributed by atoms with E-state index in [1.54, 1.807) is 0 Å². The van der Waals surface area contributed by atoms with E-state index < -0.39 is 0 Å². The number of aromatic nitrogens is 2. The summed E-state index contributed by atoms with van der Waals surface area (Å²) in [5, 5.41) is 4.88. The van der Waals surface area contributed by atoms with Gasteiger partial charge in [0.15, 0.2) is 5.78 Å². The van der Waals surface area contributed by atoms with Crippen LogP contribution in [0, 0.1) is 11.8 Å². The van der Waals surface area contributed by atoms with E-state index in [0.717, 1.165) is 61.0 Å². The second-order valence-electron chi connectivity index (χ2n) is 10.4. The van der Waals surface area contributed by atoms with Gasteiger partial charge in [0.1, 0.15) is 6.54 Å². The quantitative estimate of drug-likeness (QED) is 0.184. The molecule has 2 aromatic carbocycles. The molecule has 3 aromatic rings. The fraction of sp³-hybridized carbons (Fsp3) is 0.406. The Morgan fingerprint density at radius 3 is 2.49 bits per heavy atom. The molecular formula is C32H36ClN3O. The number of hydrogen-bond acceptors (Lipinski definition) is 3. The second-order valence-corrected chi connectivity index (χ2v) is 11.0. The molecule has 5 heteroatoms. The number of hydrogen-bond donors (Lipinski definition) is 0. The summed E-state index contributed by atoms with van der Waals surface area (Å²) in [4.78, 5) is 18.2. The molecule has 3 atom stereocenters. The van der Waals surface area contributed by atoms with Crippen molar-refractivity contribution in [2.24, 2.45) is 16.8 Å². The van der Waals surface area contributed by atoms with Gasteiger partial charge < -0.3 is 0 Å². The summed E-state index contributed by atoms with van der Waals surface area (Å²) in [6.45, 7) is 0.998. The maximum absolute atomic E-state index is 13.3. The van der Waals surface area contributed by atoms with Gasteiger partial charge in [-0.25, -0.2) is 0 Å².